The summed E-state index contributed by atoms with van der Waals surface area (Å²) in [6.45, 7) is 4.03. The van der Waals surface area contributed by atoms with Gasteiger partial charge in [-0.15, -0.1) is 0 Å². The first kappa shape index (κ1) is 19.9. The number of aromatic nitrogens is 4. The van der Waals surface area contributed by atoms with E-state index < -0.39 is 0 Å². The van der Waals surface area contributed by atoms with Crippen LogP contribution in [0.3, 0.4) is 0 Å². The van der Waals surface area contributed by atoms with Crippen molar-refractivity contribution in [1.82, 2.24) is 24.5 Å². The molecule has 2 aliphatic heterocycles. The molecule has 4 heterocycles. The lowest BCUT2D eigenvalue weighted by Gasteiger charge is -2.36. The Labute approximate surface area is 188 Å². The topological polar surface area (TPSA) is 75.4 Å². The Balaban J connectivity index is 1.23. The fraction of sp³-hybridized carbons (Fsp3) is 0.520. The summed E-state index contributed by atoms with van der Waals surface area (Å²) in [7, 11) is 2.26. The van der Waals surface area contributed by atoms with Gasteiger partial charge in [-0.2, -0.15) is 5.10 Å². The molecule has 7 nitrogen and oxygen atoms in total. The molecule has 1 aliphatic carbocycles. The zero-order valence-corrected chi connectivity index (χ0v) is 19.0. The monoisotopic (exact) mass is 430 g/mol. The molecule has 32 heavy (non-hydrogen) atoms. The van der Waals surface area contributed by atoms with Gasteiger partial charge >= 0.3 is 0 Å². The molecule has 2 aromatic heterocycles. The lowest BCUT2D eigenvalue weighted by Crippen LogP contribution is -2.44. The zero-order chi connectivity index (χ0) is 22.0. The van der Waals surface area contributed by atoms with Gasteiger partial charge in [0.2, 0.25) is 0 Å². The molecule has 1 N–H and O–H groups in total. The number of benzene rings is 1. The second kappa shape index (κ2) is 7.10. The highest BCUT2D eigenvalue weighted by Crippen LogP contribution is 2.37. The van der Waals surface area contributed by atoms with E-state index in [9.17, 15) is 4.79 Å². The van der Waals surface area contributed by atoms with Crippen LogP contribution in [0.4, 0.5) is 5.82 Å². The third kappa shape index (κ3) is 3.13. The molecule has 2 bridgehead atoms. The molecule has 6 rings (SSSR count). The zero-order valence-electron chi connectivity index (χ0n) is 19.0. The summed E-state index contributed by atoms with van der Waals surface area (Å²) in [5.41, 5.74) is 3.83. The molecule has 0 amide bonds. The van der Waals surface area contributed by atoms with E-state index in [0.29, 0.717) is 36.8 Å². The molecule has 166 valence electrons. The predicted molar refractivity (Wildman–Crippen MR) is 123 cm³/mol. The van der Waals surface area contributed by atoms with Crippen LogP contribution in [0.2, 0.25) is 0 Å². The van der Waals surface area contributed by atoms with E-state index in [1.54, 1.807) is 6.20 Å². The van der Waals surface area contributed by atoms with Crippen LogP contribution in [0, 0.1) is 0 Å². The average Bonchev–Trinajstić information content (AvgIpc) is 3.31. The van der Waals surface area contributed by atoms with E-state index in [-0.39, 0.29) is 5.41 Å². The minimum atomic E-state index is -0.380. The number of fused-ring (bicyclic) bond motifs is 4. The Bertz CT molecular complexity index is 1200. The third-order valence-corrected chi connectivity index (χ3v) is 7.99. The number of hydrogen-bond acceptors (Lipinski definition) is 6. The van der Waals surface area contributed by atoms with Crippen LogP contribution in [-0.2, 0) is 23.1 Å². The van der Waals surface area contributed by atoms with Gasteiger partial charge in [-0.3, -0.25) is 4.79 Å². The van der Waals surface area contributed by atoms with E-state index in [1.165, 1.54) is 12.8 Å². The van der Waals surface area contributed by atoms with Crippen molar-refractivity contribution in [2.45, 2.75) is 75.9 Å². The molecular formula is C25H30N6O. The van der Waals surface area contributed by atoms with Gasteiger partial charge in [0.25, 0.3) is 0 Å². The Morgan fingerprint density at radius 2 is 1.97 bits per heavy atom. The van der Waals surface area contributed by atoms with Gasteiger partial charge in [-0.1, -0.05) is 18.2 Å². The normalized spacial score (nSPS) is 26.6. The molecule has 0 saturated carbocycles. The van der Waals surface area contributed by atoms with Crippen LogP contribution in [0.5, 0.6) is 0 Å². The first-order valence-electron chi connectivity index (χ1n) is 11.7. The standard InChI is InChI=1S/C25H30N6O/c1-25(2)20-7-4-15(10-16(20)12-21(25)32)11-22-28-24-23(26-8-9-31(24)29-22)27-17-13-18-5-6-19(14-17)30(18)3/h4,7-10,17-19H,5-6,11-14H2,1-3H3,(H,26,27)/t17?,18-,19+. The van der Waals surface area contributed by atoms with Crippen molar-refractivity contribution in [3.8, 4) is 0 Å². The Morgan fingerprint density at radius 1 is 1.19 bits per heavy atom. The van der Waals surface area contributed by atoms with Crippen molar-refractivity contribution < 1.29 is 4.79 Å². The molecule has 0 radical (unpaired) electrons. The van der Waals surface area contributed by atoms with Crippen molar-refractivity contribution in [1.29, 1.82) is 0 Å². The summed E-state index contributed by atoms with van der Waals surface area (Å²) in [5, 5.41) is 8.38. The lowest BCUT2D eigenvalue weighted by atomic mass is 9.85. The second-order valence-electron chi connectivity index (χ2n) is 10.3. The fourth-order valence-electron chi connectivity index (χ4n) is 6.00. The summed E-state index contributed by atoms with van der Waals surface area (Å²) in [6.07, 6.45) is 9.72. The van der Waals surface area contributed by atoms with Gasteiger partial charge < -0.3 is 10.2 Å². The van der Waals surface area contributed by atoms with Crippen LogP contribution in [0.15, 0.2) is 30.6 Å². The summed E-state index contributed by atoms with van der Waals surface area (Å²) < 4.78 is 1.83. The Morgan fingerprint density at radius 3 is 2.75 bits per heavy atom. The van der Waals surface area contributed by atoms with Gasteiger partial charge in [0.15, 0.2) is 17.3 Å². The molecule has 1 aromatic carbocycles. The number of Topliss-reactive ketones (excluding diaryl/α,β-unsaturated/α-hetero) is 1. The highest BCUT2D eigenvalue weighted by molar-refractivity contribution is 5.95. The van der Waals surface area contributed by atoms with Crippen molar-refractivity contribution in [3.63, 3.8) is 0 Å². The highest BCUT2D eigenvalue weighted by atomic mass is 16.1. The van der Waals surface area contributed by atoms with E-state index in [0.717, 1.165) is 46.8 Å². The molecule has 1 unspecified atom stereocenters. The van der Waals surface area contributed by atoms with Crippen LogP contribution in [0.1, 0.15) is 62.0 Å². The average molecular weight is 431 g/mol. The van der Waals surface area contributed by atoms with Crippen molar-refractivity contribution in [3.05, 3.63) is 53.1 Å². The van der Waals surface area contributed by atoms with Gasteiger partial charge in [0.1, 0.15) is 5.78 Å². The van der Waals surface area contributed by atoms with Crippen LogP contribution >= 0.6 is 0 Å². The summed E-state index contributed by atoms with van der Waals surface area (Å²) in [4.78, 5) is 24.3. The summed E-state index contributed by atoms with van der Waals surface area (Å²) in [6, 6.07) is 8.15. The number of hydrogen-bond donors (Lipinski definition) is 1. The number of nitrogens with one attached hydrogen (secondary N) is 1. The summed E-state index contributed by atoms with van der Waals surface area (Å²) >= 11 is 0. The number of anilines is 1. The number of carbonyl (C=O) groups is 1. The van der Waals surface area contributed by atoms with E-state index in [4.69, 9.17) is 10.1 Å². The van der Waals surface area contributed by atoms with Gasteiger partial charge in [0.05, 0.1) is 0 Å². The molecule has 3 atom stereocenters. The number of ketones is 1. The van der Waals surface area contributed by atoms with Gasteiger partial charge in [0, 0.05) is 48.8 Å². The minimum absolute atomic E-state index is 0.291. The Kier molecular flexibility index (Phi) is 4.41. The van der Waals surface area contributed by atoms with Crippen LogP contribution in [0.25, 0.3) is 5.65 Å². The first-order valence-corrected chi connectivity index (χ1v) is 11.7. The molecule has 0 spiro atoms. The second-order valence-corrected chi connectivity index (χ2v) is 10.3. The number of nitrogens with zero attached hydrogens (tertiary/aromatic N) is 5. The molecule has 7 heteroatoms. The maximum absolute atomic E-state index is 12.4. The van der Waals surface area contributed by atoms with Gasteiger partial charge in [-0.25, -0.2) is 14.5 Å². The minimum Gasteiger partial charge on any atom is -0.364 e. The Hall–Kier alpha value is -2.80. The van der Waals surface area contributed by atoms with Crippen molar-refractivity contribution in [2.24, 2.45) is 0 Å². The molecule has 3 aliphatic rings. The maximum atomic E-state index is 12.4. The smallest absolute Gasteiger partial charge is 0.198 e. The SMILES string of the molecule is CN1[C@@H]2CC[C@H]1CC(Nc1nccn3nc(Cc4ccc5c(c4)CC(=O)C5(C)C)nc13)C2. The number of piperidine rings is 1. The van der Waals surface area contributed by atoms with Crippen molar-refractivity contribution >= 4 is 17.2 Å². The van der Waals surface area contributed by atoms with E-state index in [2.05, 4.69) is 40.4 Å². The molecule has 2 fully saturated rings. The molecular weight excluding hydrogens is 400 g/mol. The van der Waals surface area contributed by atoms with Gasteiger partial charge in [-0.05, 0) is 63.3 Å². The predicted octanol–water partition coefficient (Wildman–Crippen LogP) is 3.16. The third-order valence-electron chi connectivity index (χ3n) is 7.99. The highest BCUT2D eigenvalue weighted by Gasteiger charge is 2.39. The van der Waals surface area contributed by atoms with E-state index in [1.807, 2.05) is 24.6 Å². The number of carbonyl (C=O) groups excluding carboxylic acids is 1. The molecule has 2 saturated heterocycles. The maximum Gasteiger partial charge on any atom is 0.198 e. The molecule has 3 aromatic rings. The summed E-state index contributed by atoms with van der Waals surface area (Å²) in [5.74, 6) is 1.88. The largest absolute Gasteiger partial charge is 0.364 e. The van der Waals surface area contributed by atoms with Crippen LogP contribution in [-0.4, -0.2) is 55.4 Å². The fourth-order valence-corrected chi connectivity index (χ4v) is 6.00. The quantitative estimate of drug-likeness (QED) is 0.685. The van der Waals surface area contributed by atoms with E-state index >= 15 is 0 Å². The lowest BCUT2D eigenvalue weighted by molar-refractivity contribution is -0.121. The van der Waals surface area contributed by atoms with Crippen molar-refractivity contribution in [2.75, 3.05) is 12.4 Å². The first-order chi connectivity index (χ1) is 15.4. The number of rotatable bonds is 4. The van der Waals surface area contributed by atoms with Crippen LogP contribution < -0.4 is 5.32 Å².